The number of benzene rings is 3. The first-order valence-corrected chi connectivity index (χ1v) is 15.9. The van der Waals surface area contributed by atoms with Gasteiger partial charge in [-0.15, -0.1) is 0 Å². The zero-order chi connectivity index (χ0) is 30.4. The van der Waals surface area contributed by atoms with Gasteiger partial charge >= 0.3 is 0 Å². The van der Waals surface area contributed by atoms with Crippen molar-refractivity contribution in [3.8, 4) is 11.5 Å². The number of amides is 2. The van der Waals surface area contributed by atoms with Crippen LogP contribution in [-0.4, -0.2) is 57.3 Å². The van der Waals surface area contributed by atoms with E-state index in [9.17, 15) is 18.0 Å². The molecule has 224 valence electrons. The van der Waals surface area contributed by atoms with E-state index < -0.39 is 28.5 Å². The highest BCUT2D eigenvalue weighted by Crippen LogP contribution is 2.36. The molecule has 12 heteroatoms. The second-order valence-electron chi connectivity index (χ2n) is 10.4. The Balaban J connectivity index is 1.74. The van der Waals surface area contributed by atoms with E-state index in [1.165, 1.54) is 11.0 Å². The fourth-order valence-electron chi connectivity index (χ4n) is 4.46. The Kier molecular flexibility index (Phi) is 10.2. The maximum atomic E-state index is 14.2. The second kappa shape index (κ2) is 13.7. The number of carbonyl (C=O) groups is 2. The molecule has 3 aromatic carbocycles. The van der Waals surface area contributed by atoms with Crippen LogP contribution in [0, 0.1) is 5.92 Å². The van der Waals surface area contributed by atoms with Gasteiger partial charge < -0.3 is 19.7 Å². The lowest BCUT2D eigenvalue weighted by Crippen LogP contribution is -2.53. The zero-order valence-electron chi connectivity index (χ0n) is 23.5. The highest BCUT2D eigenvalue weighted by atomic mass is 35.5. The monoisotopic (exact) mass is 633 g/mol. The summed E-state index contributed by atoms with van der Waals surface area (Å²) in [7, 11) is -3.93. The Morgan fingerprint density at radius 2 is 1.69 bits per heavy atom. The van der Waals surface area contributed by atoms with E-state index in [4.69, 9.17) is 32.7 Å². The normalized spacial score (nSPS) is 13.1. The van der Waals surface area contributed by atoms with Crippen molar-refractivity contribution < 1.29 is 27.5 Å². The Labute approximate surface area is 256 Å². The molecule has 0 aliphatic carbocycles. The molecular weight excluding hydrogens is 601 g/mol. The number of hydrogen-bond acceptors (Lipinski definition) is 6. The number of nitrogens with one attached hydrogen (secondary N) is 1. The minimum absolute atomic E-state index is 0.0128. The molecule has 0 radical (unpaired) electrons. The average Bonchev–Trinajstić information content (AvgIpc) is 3.41. The Morgan fingerprint density at radius 1 is 0.976 bits per heavy atom. The highest BCUT2D eigenvalue weighted by molar-refractivity contribution is 7.92. The number of sulfonamides is 1. The smallest absolute Gasteiger partial charge is 0.244 e. The summed E-state index contributed by atoms with van der Waals surface area (Å²) in [6, 6.07) is 17.9. The van der Waals surface area contributed by atoms with Crippen molar-refractivity contribution in [2.24, 2.45) is 5.92 Å². The summed E-state index contributed by atoms with van der Waals surface area (Å²) >= 11 is 12.6. The summed E-state index contributed by atoms with van der Waals surface area (Å²) in [6.45, 7) is 3.74. The molecule has 1 N–H and O–H groups in total. The van der Waals surface area contributed by atoms with Crippen LogP contribution in [0.3, 0.4) is 0 Å². The minimum atomic E-state index is -3.93. The molecule has 4 rings (SSSR count). The fourth-order valence-corrected chi connectivity index (χ4v) is 5.77. The second-order valence-corrected chi connectivity index (χ2v) is 13.2. The van der Waals surface area contributed by atoms with Crippen molar-refractivity contribution in [2.75, 3.05) is 30.4 Å². The number of rotatable bonds is 12. The summed E-state index contributed by atoms with van der Waals surface area (Å²) in [5.74, 6) is 0.0633. The lowest BCUT2D eigenvalue weighted by molar-refractivity contribution is -0.140. The molecule has 2 amide bonds. The predicted molar refractivity (Wildman–Crippen MR) is 164 cm³/mol. The van der Waals surface area contributed by atoms with Gasteiger partial charge in [0.15, 0.2) is 11.5 Å². The van der Waals surface area contributed by atoms with Gasteiger partial charge in [-0.25, -0.2) is 8.42 Å². The molecule has 1 heterocycles. The van der Waals surface area contributed by atoms with Crippen molar-refractivity contribution in [2.45, 2.75) is 32.9 Å². The summed E-state index contributed by atoms with van der Waals surface area (Å²) < 4.78 is 37.7. The van der Waals surface area contributed by atoms with Crippen LogP contribution >= 0.6 is 23.2 Å². The number of ether oxygens (including phenoxy) is 2. The molecule has 3 aromatic rings. The lowest BCUT2D eigenvalue weighted by atomic mass is 10.0. The molecule has 1 atom stereocenters. The van der Waals surface area contributed by atoms with Gasteiger partial charge in [0.1, 0.15) is 12.6 Å². The molecule has 0 fully saturated rings. The molecule has 0 unspecified atom stereocenters. The van der Waals surface area contributed by atoms with Crippen LogP contribution in [0.5, 0.6) is 11.5 Å². The summed E-state index contributed by atoms with van der Waals surface area (Å²) in [5.41, 5.74) is 1.61. The third-order valence-corrected chi connectivity index (χ3v) is 8.36. The summed E-state index contributed by atoms with van der Waals surface area (Å²) in [5, 5.41) is 3.68. The van der Waals surface area contributed by atoms with Gasteiger partial charge in [-0.3, -0.25) is 13.9 Å². The van der Waals surface area contributed by atoms with E-state index >= 15 is 0 Å². The van der Waals surface area contributed by atoms with Crippen LogP contribution in [0.4, 0.5) is 5.69 Å². The van der Waals surface area contributed by atoms with E-state index in [0.29, 0.717) is 33.7 Å². The Bertz CT molecular complexity index is 1540. The van der Waals surface area contributed by atoms with Gasteiger partial charge in [-0.1, -0.05) is 73.4 Å². The van der Waals surface area contributed by atoms with Crippen molar-refractivity contribution >= 4 is 50.7 Å². The molecule has 42 heavy (non-hydrogen) atoms. The molecule has 0 saturated carbocycles. The largest absolute Gasteiger partial charge is 0.454 e. The van der Waals surface area contributed by atoms with E-state index in [2.05, 4.69) is 5.32 Å². The van der Waals surface area contributed by atoms with E-state index in [1.807, 2.05) is 44.2 Å². The molecule has 1 aliphatic heterocycles. The first kappa shape index (κ1) is 31.5. The van der Waals surface area contributed by atoms with Crippen LogP contribution in [0.25, 0.3) is 0 Å². The summed E-state index contributed by atoms with van der Waals surface area (Å²) in [4.78, 5) is 29.2. The van der Waals surface area contributed by atoms with Gasteiger partial charge in [-0.05, 0) is 41.3 Å². The van der Waals surface area contributed by atoms with E-state index in [-0.39, 0.29) is 37.3 Å². The van der Waals surface area contributed by atoms with Crippen LogP contribution in [0.1, 0.15) is 25.0 Å². The third-order valence-electron chi connectivity index (χ3n) is 6.63. The first-order chi connectivity index (χ1) is 19.9. The van der Waals surface area contributed by atoms with Gasteiger partial charge in [-0.2, -0.15) is 0 Å². The Hall–Kier alpha value is -3.47. The summed E-state index contributed by atoms with van der Waals surface area (Å²) in [6.07, 6.45) is 1.21. The van der Waals surface area contributed by atoms with Gasteiger partial charge in [0.05, 0.1) is 11.9 Å². The molecule has 0 spiro atoms. The molecular formula is C30H33Cl2N3O6S. The molecule has 0 bridgehead atoms. The maximum absolute atomic E-state index is 14.2. The van der Waals surface area contributed by atoms with Crippen LogP contribution in [0.15, 0.2) is 66.7 Å². The highest BCUT2D eigenvalue weighted by Gasteiger charge is 2.34. The average molecular weight is 635 g/mol. The van der Waals surface area contributed by atoms with E-state index in [0.717, 1.165) is 16.1 Å². The number of anilines is 1. The van der Waals surface area contributed by atoms with Crippen molar-refractivity contribution in [1.82, 2.24) is 10.2 Å². The molecule has 0 saturated heterocycles. The number of carbonyl (C=O) groups excluding carboxylic acids is 2. The Morgan fingerprint density at radius 3 is 2.36 bits per heavy atom. The van der Waals surface area contributed by atoms with Crippen molar-refractivity contribution in [3.05, 3.63) is 87.9 Å². The van der Waals surface area contributed by atoms with Gasteiger partial charge in [0, 0.05) is 35.6 Å². The third kappa shape index (κ3) is 8.08. The quantitative estimate of drug-likeness (QED) is 0.304. The minimum Gasteiger partial charge on any atom is -0.454 e. The van der Waals surface area contributed by atoms with Crippen molar-refractivity contribution in [1.29, 1.82) is 0 Å². The number of hydrogen-bond donors (Lipinski definition) is 1. The van der Waals surface area contributed by atoms with Gasteiger partial charge in [0.2, 0.25) is 28.6 Å². The van der Waals surface area contributed by atoms with Crippen LogP contribution < -0.4 is 19.1 Å². The zero-order valence-corrected chi connectivity index (χ0v) is 25.9. The van der Waals surface area contributed by atoms with Crippen molar-refractivity contribution in [3.63, 3.8) is 0 Å². The lowest BCUT2D eigenvalue weighted by Gasteiger charge is -2.34. The standard InChI is InChI=1S/C30H33Cl2N3O6S/c1-20(2)16-33-30(37)26(13-21-7-5-4-6-8-21)34(17-22-9-10-23(31)14-25(22)32)29(36)18-35(42(3,38)39)24-11-12-27-28(15-24)41-19-40-27/h4-12,14-15,20,26H,13,16-19H2,1-3H3,(H,33,37)/t26-/m0/s1. The SMILES string of the molecule is CC(C)CNC(=O)[C@H](Cc1ccccc1)N(Cc1ccc(Cl)cc1Cl)C(=O)CN(c1ccc2c(c1)OCO2)S(C)(=O)=O. The van der Waals surface area contributed by atoms with Crippen LogP contribution in [-0.2, 0) is 32.6 Å². The topological polar surface area (TPSA) is 105 Å². The number of halogens is 2. The molecule has 9 nitrogen and oxygen atoms in total. The molecule has 1 aliphatic rings. The first-order valence-electron chi connectivity index (χ1n) is 13.3. The number of nitrogens with zero attached hydrogens (tertiary/aromatic N) is 2. The fraction of sp³-hybridized carbons (Fsp3) is 0.333. The predicted octanol–water partition coefficient (Wildman–Crippen LogP) is 4.90. The number of fused-ring (bicyclic) bond motifs is 1. The van der Waals surface area contributed by atoms with E-state index in [1.54, 1.807) is 30.3 Å². The van der Waals surface area contributed by atoms with Crippen LogP contribution in [0.2, 0.25) is 10.0 Å². The molecule has 0 aromatic heterocycles. The van der Waals surface area contributed by atoms with Gasteiger partial charge in [0.25, 0.3) is 0 Å². The maximum Gasteiger partial charge on any atom is 0.244 e.